The van der Waals surface area contributed by atoms with Crippen molar-refractivity contribution in [1.82, 2.24) is 10.3 Å². The van der Waals surface area contributed by atoms with Gasteiger partial charge in [-0.05, 0) is 32.5 Å². The Morgan fingerprint density at radius 3 is 2.53 bits per heavy atom. The lowest BCUT2D eigenvalue weighted by Crippen LogP contribution is -2.23. The Labute approximate surface area is 107 Å². The summed E-state index contributed by atoms with van der Waals surface area (Å²) < 4.78 is 35.7. The molecule has 0 bridgehead atoms. The number of aromatic nitrogens is 1. The van der Waals surface area contributed by atoms with E-state index in [9.17, 15) is 13.2 Å². The largest absolute Gasteiger partial charge is 0.441 e. The van der Waals surface area contributed by atoms with E-state index >= 15 is 0 Å². The lowest BCUT2D eigenvalue weighted by molar-refractivity contribution is -0.0327. The molecule has 1 rings (SSSR count). The lowest BCUT2D eigenvalue weighted by atomic mass is 10.2. The van der Waals surface area contributed by atoms with Crippen LogP contribution in [0.25, 0.3) is 0 Å². The standard InChI is InChI=1S/C10H15F3N2S2/c1-6(9-7(2)17-8(3)15-9)14-4-5-16-10(11,12)13/h6,14H,4-5H2,1-3H3. The van der Waals surface area contributed by atoms with E-state index in [4.69, 9.17) is 0 Å². The van der Waals surface area contributed by atoms with Crippen LogP contribution in [0.1, 0.15) is 28.5 Å². The third-order valence-electron chi connectivity index (χ3n) is 2.17. The van der Waals surface area contributed by atoms with Crippen LogP contribution in [0.5, 0.6) is 0 Å². The van der Waals surface area contributed by atoms with Gasteiger partial charge in [-0.1, -0.05) is 0 Å². The zero-order valence-electron chi connectivity index (χ0n) is 9.89. The smallest absolute Gasteiger partial charge is 0.308 e. The van der Waals surface area contributed by atoms with Gasteiger partial charge in [0.25, 0.3) is 0 Å². The second kappa shape index (κ2) is 6.06. The van der Waals surface area contributed by atoms with Gasteiger partial charge in [-0.15, -0.1) is 11.3 Å². The summed E-state index contributed by atoms with van der Waals surface area (Å²) in [5.41, 5.74) is -3.21. The first kappa shape index (κ1) is 14.8. The van der Waals surface area contributed by atoms with Gasteiger partial charge < -0.3 is 5.32 Å². The molecule has 1 aromatic rings. The zero-order chi connectivity index (χ0) is 13.1. The summed E-state index contributed by atoms with van der Waals surface area (Å²) in [5.74, 6) is 0.0238. The minimum Gasteiger partial charge on any atom is -0.308 e. The average Bonchev–Trinajstić information content (AvgIpc) is 2.51. The molecule has 1 unspecified atom stereocenters. The second-order valence-corrected chi connectivity index (χ2v) is 6.21. The Morgan fingerprint density at radius 2 is 2.06 bits per heavy atom. The van der Waals surface area contributed by atoms with Crippen LogP contribution in [0.15, 0.2) is 0 Å². The Morgan fingerprint density at radius 1 is 1.41 bits per heavy atom. The van der Waals surface area contributed by atoms with Crippen molar-refractivity contribution in [3.8, 4) is 0 Å². The van der Waals surface area contributed by atoms with Crippen molar-refractivity contribution >= 4 is 23.1 Å². The molecule has 0 aliphatic rings. The SMILES string of the molecule is Cc1nc(C(C)NCCSC(F)(F)F)c(C)s1. The van der Waals surface area contributed by atoms with Crippen molar-refractivity contribution in [1.29, 1.82) is 0 Å². The summed E-state index contributed by atoms with van der Waals surface area (Å²) in [6, 6.07) is -0.00576. The fraction of sp³-hybridized carbons (Fsp3) is 0.700. The first-order valence-electron chi connectivity index (χ1n) is 5.17. The molecule has 2 nitrogen and oxygen atoms in total. The van der Waals surface area contributed by atoms with Crippen LogP contribution in [0.2, 0.25) is 0 Å². The number of rotatable bonds is 5. The van der Waals surface area contributed by atoms with Crippen molar-refractivity contribution in [2.24, 2.45) is 0 Å². The summed E-state index contributed by atoms with van der Waals surface area (Å²) in [7, 11) is 0. The first-order chi connectivity index (χ1) is 7.79. The van der Waals surface area contributed by atoms with Gasteiger partial charge in [0.1, 0.15) is 0 Å². The molecule has 1 atom stereocenters. The molecular weight excluding hydrogens is 269 g/mol. The Bertz CT molecular complexity index is 363. The van der Waals surface area contributed by atoms with Gasteiger partial charge in [0.05, 0.1) is 10.7 Å². The van der Waals surface area contributed by atoms with Crippen LogP contribution < -0.4 is 5.32 Å². The highest BCUT2D eigenvalue weighted by Crippen LogP contribution is 2.29. The maximum Gasteiger partial charge on any atom is 0.441 e. The quantitative estimate of drug-likeness (QED) is 0.835. The summed E-state index contributed by atoms with van der Waals surface area (Å²) in [6.07, 6.45) is 0. The predicted octanol–water partition coefficient (Wildman–Crippen LogP) is 3.66. The van der Waals surface area contributed by atoms with Crippen LogP contribution in [-0.2, 0) is 0 Å². The fourth-order valence-electron chi connectivity index (χ4n) is 1.49. The van der Waals surface area contributed by atoms with Gasteiger partial charge in [-0.3, -0.25) is 0 Å². The molecule has 1 aromatic heterocycles. The molecule has 17 heavy (non-hydrogen) atoms. The summed E-state index contributed by atoms with van der Waals surface area (Å²) in [4.78, 5) is 5.48. The fourth-order valence-corrected chi connectivity index (χ4v) is 2.85. The van der Waals surface area contributed by atoms with Gasteiger partial charge in [-0.25, -0.2) is 4.98 Å². The molecule has 1 N–H and O–H groups in total. The first-order valence-corrected chi connectivity index (χ1v) is 6.98. The van der Waals surface area contributed by atoms with Gasteiger partial charge in [0.15, 0.2) is 0 Å². The molecule has 0 spiro atoms. The maximum absolute atomic E-state index is 11.9. The average molecular weight is 284 g/mol. The molecular formula is C10H15F3N2S2. The Balaban J connectivity index is 2.35. The molecule has 0 aromatic carbocycles. The maximum atomic E-state index is 11.9. The number of alkyl halides is 3. The molecule has 0 aliphatic carbocycles. The number of hydrogen-bond donors (Lipinski definition) is 1. The molecule has 98 valence electrons. The number of nitrogens with one attached hydrogen (secondary N) is 1. The number of hydrogen-bond acceptors (Lipinski definition) is 4. The van der Waals surface area contributed by atoms with E-state index in [1.54, 1.807) is 11.3 Å². The van der Waals surface area contributed by atoms with Crippen LogP contribution in [0.4, 0.5) is 13.2 Å². The van der Waals surface area contributed by atoms with Crippen molar-refractivity contribution in [3.63, 3.8) is 0 Å². The normalized spacial score (nSPS) is 14.0. The van der Waals surface area contributed by atoms with Crippen LogP contribution >= 0.6 is 23.1 Å². The minimum atomic E-state index is -4.14. The van der Waals surface area contributed by atoms with Gasteiger partial charge in [0, 0.05) is 23.2 Å². The van der Waals surface area contributed by atoms with Crippen LogP contribution in [-0.4, -0.2) is 22.8 Å². The molecule has 1 heterocycles. The Hall–Kier alpha value is -0.270. The topological polar surface area (TPSA) is 24.9 Å². The van der Waals surface area contributed by atoms with Gasteiger partial charge in [-0.2, -0.15) is 13.2 Å². The minimum absolute atomic E-state index is 0.000151. The number of nitrogens with zero attached hydrogens (tertiary/aromatic N) is 1. The number of aryl methyl sites for hydroxylation is 2. The molecule has 7 heteroatoms. The molecule has 0 saturated carbocycles. The van der Waals surface area contributed by atoms with Crippen molar-refractivity contribution in [2.45, 2.75) is 32.3 Å². The van der Waals surface area contributed by atoms with Gasteiger partial charge in [0.2, 0.25) is 0 Å². The summed E-state index contributed by atoms with van der Waals surface area (Å²) in [5, 5.41) is 4.03. The van der Waals surface area contributed by atoms with E-state index in [0.717, 1.165) is 15.6 Å². The lowest BCUT2D eigenvalue weighted by Gasteiger charge is -2.13. The van der Waals surface area contributed by atoms with E-state index in [0.29, 0.717) is 6.54 Å². The van der Waals surface area contributed by atoms with Crippen molar-refractivity contribution < 1.29 is 13.2 Å². The van der Waals surface area contributed by atoms with Crippen LogP contribution in [0, 0.1) is 13.8 Å². The van der Waals surface area contributed by atoms with Crippen LogP contribution in [0.3, 0.4) is 0 Å². The summed E-state index contributed by atoms with van der Waals surface area (Å²) >= 11 is 1.60. The van der Waals surface area contributed by atoms with E-state index in [2.05, 4.69) is 10.3 Å². The number of thiazole rings is 1. The van der Waals surface area contributed by atoms with E-state index in [1.165, 1.54) is 0 Å². The van der Waals surface area contributed by atoms with Crippen molar-refractivity contribution in [2.75, 3.05) is 12.3 Å². The monoisotopic (exact) mass is 284 g/mol. The molecule has 0 saturated heterocycles. The Kier molecular flexibility index (Phi) is 5.27. The van der Waals surface area contributed by atoms with E-state index < -0.39 is 5.51 Å². The molecule has 0 amide bonds. The van der Waals surface area contributed by atoms with E-state index in [1.807, 2.05) is 20.8 Å². The molecule has 0 radical (unpaired) electrons. The second-order valence-electron chi connectivity index (χ2n) is 3.64. The third-order valence-corrected chi connectivity index (χ3v) is 3.81. The highest BCUT2D eigenvalue weighted by Gasteiger charge is 2.27. The third kappa shape index (κ3) is 5.27. The highest BCUT2D eigenvalue weighted by molar-refractivity contribution is 8.00. The molecule has 0 fully saturated rings. The van der Waals surface area contributed by atoms with Crippen molar-refractivity contribution in [3.05, 3.63) is 15.6 Å². The molecule has 0 aliphatic heterocycles. The zero-order valence-corrected chi connectivity index (χ0v) is 11.5. The highest BCUT2D eigenvalue weighted by atomic mass is 32.2. The predicted molar refractivity (Wildman–Crippen MR) is 66.5 cm³/mol. The summed E-state index contributed by atoms with van der Waals surface area (Å²) in [6.45, 7) is 6.14. The van der Waals surface area contributed by atoms with E-state index in [-0.39, 0.29) is 23.6 Å². The number of thioether (sulfide) groups is 1. The number of halogens is 3. The van der Waals surface area contributed by atoms with Gasteiger partial charge >= 0.3 is 5.51 Å².